The van der Waals surface area contributed by atoms with E-state index in [1.165, 1.54) is 12.8 Å². The van der Waals surface area contributed by atoms with Crippen molar-refractivity contribution in [2.45, 2.75) is 12.8 Å². The summed E-state index contributed by atoms with van der Waals surface area (Å²) in [5.74, 6) is 1.15. The Morgan fingerprint density at radius 3 is 1.27 bits per heavy atom. The van der Waals surface area contributed by atoms with Crippen LogP contribution in [0.25, 0.3) is 11.5 Å². The molecule has 2 unspecified atom stereocenters. The quantitative estimate of drug-likeness (QED) is 0.694. The van der Waals surface area contributed by atoms with E-state index >= 15 is 0 Å². The Labute approximate surface area is 81.6 Å². The predicted molar refractivity (Wildman–Crippen MR) is 41.8 cm³/mol. The fourth-order valence-corrected chi connectivity index (χ4v) is 1.18. The van der Waals surface area contributed by atoms with E-state index in [0.29, 0.717) is 24.9 Å². The van der Waals surface area contributed by atoms with E-state index in [1.807, 2.05) is 0 Å². The van der Waals surface area contributed by atoms with Crippen LogP contribution in [0.3, 0.4) is 0 Å². The molecule has 0 bridgehead atoms. The molecule has 0 spiro atoms. The minimum Gasteiger partial charge on any atom is -0.677 e. The van der Waals surface area contributed by atoms with E-state index in [4.69, 9.17) is 11.5 Å². The van der Waals surface area contributed by atoms with Crippen LogP contribution in [-0.4, -0.2) is 24.0 Å². The Morgan fingerprint density at radius 1 is 0.909 bits per heavy atom. The van der Waals surface area contributed by atoms with Crippen LogP contribution < -0.4 is 0 Å². The van der Waals surface area contributed by atoms with Gasteiger partial charge in [0.2, 0.25) is 0 Å². The normalized spacial score (nSPS) is 26.7. The van der Waals surface area contributed by atoms with Gasteiger partial charge < -0.3 is 22.4 Å². The third-order valence-electron chi connectivity index (χ3n) is 2.10. The number of rotatable bonds is 2. The van der Waals surface area contributed by atoms with Gasteiger partial charge in [-0.2, -0.15) is 0 Å². The van der Waals surface area contributed by atoms with E-state index in [-0.39, 0.29) is 32.0 Å². The molecule has 0 aromatic rings. The zero-order valence-electron chi connectivity index (χ0n) is 6.30. The van der Waals surface area contributed by atoms with Crippen LogP contribution in [0.2, 0.25) is 0 Å². The van der Waals surface area contributed by atoms with Crippen molar-refractivity contribution in [3.8, 4) is 0 Å². The van der Waals surface area contributed by atoms with Gasteiger partial charge in [0.05, 0.1) is 0 Å². The van der Waals surface area contributed by atoms with E-state index in [0.717, 1.165) is 0 Å². The molecule has 0 amide bonds. The first-order valence-electron chi connectivity index (χ1n) is 3.17. The molecule has 72 valence electrons. The first-order chi connectivity index (χ1) is 3.88. The Hall–Kier alpha value is 0.528. The van der Waals surface area contributed by atoms with Crippen LogP contribution >= 0.6 is 0 Å². The molecule has 0 heterocycles. The smallest absolute Gasteiger partial charge is 0.677 e. The molecule has 11 heavy (non-hydrogen) atoms. The van der Waals surface area contributed by atoms with Crippen LogP contribution in [0.5, 0.6) is 0 Å². The summed E-state index contributed by atoms with van der Waals surface area (Å²) in [4.78, 5) is 0. The van der Waals surface area contributed by atoms with E-state index in [1.54, 1.807) is 0 Å². The van der Waals surface area contributed by atoms with Crippen molar-refractivity contribution in [2.24, 2.45) is 11.8 Å². The molecule has 6 N–H and O–H groups in total. The Kier molecular flexibility index (Phi) is 13.8. The van der Waals surface area contributed by atoms with Gasteiger partial charge in [0, 0.05) is 0 Å². The topological polar surface area (TPSA) is 111 Å². The fourth-order valence-electron chi connectivity index (χ4n) is 1.18. The van der Waals surface area contributed by atoms with Gasteiger partial charge in [-0.15, -0.1) is 13.1 Å². The summed E-state index contributed by atoms with van der Waals surface area (Å²) in [7, 11) is 0. The van der Waals surface area contributed by atoms with Crippen molar-refractivity contribution in [2.75, 3.05) is 13.1 Å². The molecule has 0 radical (unpaired) electrons. The summed E-state index contributed by atoms with van der Waals surface area (Å²) in [6.07, 6.45) is 2.40. The SMILES string of the molecule is O.O.[NH-]CC1CCC1C[NH-].[Pt+2]. The van der Waals surface area contributed by atoms with Gasteiger partial charge in [0.25, 0.3) is 0 Å². The largest absolute Gasteiger partial charge is 2.00 e. The average molecular weight is 343 g/mol. The van der Waals surface area contributed by atoms with Crippen LogP contribution in [0.1, 0.15) is 12.8 Å². The van der Waals surface area contributed by atoms with Gasteiger partial charge in [-0.3, -0.25) is 0 Å². The molecular formula is C6H16N2O2Pt. The van der Waals surface area contributed by atoms with Gasteiger partial charge in [0.15, 0.2) is 0 Å². The zero-order chi connectivity index (χ0) is 5.98. The van der Waals surface area contributed by atoms with Crippen molar-refractivity contribution in [1.29, 1.82) is 0 Å². The monoisotopic (exact) mass is 343 g/mol. The van der Waals surface area contributed by atoms with Crippen LogP contribution in [0.15, 0.2) is 0 Å². The molecular weight excluding hydrogens is 327 g/mol. The number of nitrogens with one attached hydrogen (secondary N) is 2. The van der Waals surface area contributed by atoms with Crippen molar-refractivity contribution < 1.29 is 32.0 Å². The molecule has 1 aliphatic carbocycles. The van der Waals surface area contributed by atoms with Gasteiger partial charge in [0.1, 0.15) is 0 Å². The second-order valence-electron chi connectivity index (χ2n) is 2.51. The second-order valence-corrected chi connectivity index (χ2v) is 2.51. The maximum atomic E-state index is 7.01. The van der Waals surface area contributed by atoms with Crippen molar-refractivity contribution in [3.63, 3.8) is 0 Å². The second kappa shape index (κ2) is 8.62. The summed E-state index contributed by atoms with van der Waals surface area (Å²) in [5, 5.41) is 0. The predicted octanol–water partition coefficient (Wildman–Crippen LogP) is 0.465. The Bertz CT molecular complexity index is 71.0. The molecule has 0 aromatic carbocycles. The third-order valence-corrected chi connectivity index (χ3v) is 2.10. The van der Waals surface area contributed by atoms with Crippen molar-refractivity contribution in [3.05, 3.63) is 11.5 Å². The summed E-state index contributed by atoms with van der Waals surface area (Å²) in [5.41, 5.74) is 14.0. The molecule has 1 rings (SSSR count). The summed E-state index contributed by atoms with van der Waals surface area (Å²) in [6.45, 7) is 1.09. The van der Waals surface area contributed by atoms with Crippen LogP contribution in [0.4, 0.5) is 0 Å². The Morgan fingerprint density at radius 2 is 1.18 bits per heavy atom. The van der Waals surface area contributed by atoms with E-state index in [9.17, 15) is 0 Å². The van der Waals surface area contributed by atoms with Crippen LogP contribution in [0, 0.1) is 11.8 Å². The van der Waals surface area contributed by atoms with E-state index < -0.39 is 0 Å². The summed E-state index contributed by atoms with van der Waals surface area (Å²) in [6, 6.07) is 0. The number of hydrogen-bond acceptors (Lipinski definition) is 0. The summed E-state index contributed by atoms with van der Waals surface area (Å²) < 4.78 is 0. The zero-order valence-corrected chi connectivity index (χ0v) is 8.57. The maximum Gasteiger partial charge on any atom is 2.00 e. The molecule has 1 fully saturated rings. The molecule has 1 aliphatic rings. The first kappa shape index (κ1) is 17.6. The number of hydrogen-bond donors (Lipinski definition) is 0. The molecule has 4 nitrogen and oxygen atoms in total. The van der Waals surface area contributed by atoms with Gasteiger partial charge in [-0.1, -0.05) is 24.7 Å². The summed E-state index contributed by atoms with van der Waals surface area (Å²) >= 11 is 0. The molecule has 2 atom stereocenters. The van der Waals surface area contributed by atoms with Crippen molar-refractivity contribution in [1.82, 2.24) is 0 Å². The maximum absolute atomic E-state index is 7.01. The molecule has 0 aliphatic heterocycles. The standard InChI is InChI=1S/C6H12N2.2H2O.Pt/c7-3-5-1-2-6(5)4-8;;;/h5-8H,1-4H2;2*1H2;/q-2;;;+2. The minimum atomic E-state index is 0. The van der Waals surface area contributed by atoms with Crippen LogP contribution in [-0.2, 0) is 21.1 Å². The van der Waals surface area contributed by atoms with E-state index in [2.05, 4.69) is 0 Å². The van der Waals surface area contributed by atoms with Gasteiger partial charge in [-0.05, 0) is 0 Å². The van der Waals surface area contributed by atoms with Gasteiger partial charge in [-0.25, -0.2) is 0 Å². The molecule has 0 saturated heterocycles. The fraction of sp³-hybridized carbons (Fsp3) is 1.00. The molecule has 0 aromatic heterocycles. The molecule has 5 heteroatoms. The van der Waals surface area contributed by atoms with Gasteiger partial charge >= 0.3 is 21.1 Å². The minimum absolute atomic E-state index is 0. The first-order valence-corrected chi connectivity index (χ1v) is 3.17. The Balaban J connectivity index is -0.000000213. The third kappa shape index (κ3) is 4.18. The average Bonchev–Trinajstić information content (AvgIpc) is 1.66. The molecule has 1 saturated carbocycles. The van der Waals surface area contributed by atoms with Crippen molar-refractivity contribution >= 4 is 0 Å².